The van der Waals surface area contributed by atoms with Crippen molar-refractivity contribution < 1.29 is 9.53 Å². The number of carbonyl (C=O) groups is 1. The van der Waals surface area contributed by atoms with E-state index in [4.69, 9.17) is 4.74 Å². The van der Waals surface area contributed by atoms with Gasteiger partial charge in [0.05, 0.1) is 5.56 Å². The molecular weight excluding hydrogens is 384 g/mol. The molecule has 150 valence electrons. The van der Waals surface area contributed by atoms with Crippen LogP contribution in [-0.2, 0) is 11.5 Å². The molecule has 29 heavy (non-hydrogen) atoms. The number of ether oxygens (including phenoxy) is 1. The van der Waals surface area contributed by atoms with Gasteiger partial charge in [-0.2, -0.15) is 0 Å². The highest BCUT2D eigenvalue weighted by molar-refractivity contribution is 7.97. The highest BCUT2D eigenvalue weighted by Gasteiger charge is 2.16. The molecule has 1 fully saturated rings. The van der Waals surface area contributed by atoms with Crippen molar-refractivity contribution in [2.24, 2.45) is 0 Å². The molecule has 2 heterocycles. The molecule has 1 saturated heterocycles. The summed E-state index contributed by atoms with van der Waals surface area (Å²) in [5.74, 6) is -0.423. The first-order valence-corrected chi connectivity index (χ1v) is 10.6. The van der Waals surface area contributed by atoms with E-state index in [0.29, 0.717) is 10.9 Å². The largest absolute Gasteiger partial charge is 0.440 e. The van der Waals surface area contributed by atoms with E-state index in [0.717, 1.165) is 34.5 Å². The first-order valence-electron chi connectivity index (χ1n) is 9.82. The van der Waals surface area contributed by atoms with Crippen LogP contribution in [0.4, 0.5) is 0 Å². The Bertz CT molecular complexity index is 1120. The van der Waals surface area contributed by atoms with E-state index in [-0.39, 0.29) is 12.3 Å². The molecule has 2 aromatic carbocycles. The Balaban J connectivity index is 1.54. The smallest absolute Gasteiger partial charge is 0.340 e. The van der Waals surface area contributed by atoms with E-state index < -0.39 is 5.97 Å². The maximum Gasteiger partial charge on any atom is 0.340 e. The molecule has 3 aromatic rings. The summed E-state index contributed by atoms with van der Waals surface area (Å²) < 4.78 is 9.19. The number of fused-ring (bicyclic) bond motifs is 1. The van der Waals surface area contributed by atoms with Gasteiger partial charge in [0.2, 0.25) is 0 Å². The summed E-state index contributed by atoms with van der Waals surface area (Å²) in [7, 11) is 0. The Hall–Kier alpha value is -2.57. The Kier molecular flexibility index (Phi) is 5.74. The zero-order valence-electron chi connectivity index (χ0n) is 16.7. The molecule has 0 unspecified atom stereocenters. The van der Waals surface area contributed by atoms with Crippen LogP contribution in [0.15, 0.2) is 58.4 Å². The number of aryl methyl sites for hydroxylation is 2. The number of benzene rings is 2. The number of aromatic nitrogens is 1. The minimum absolute atomic E-state index is 0.107. The molecular formula is C23H24N2O3S. The minimum atomic E-state index is -0.423. The standard InChI is InChI=1S/C23H24N2O3S/c1-16-8-9-18(17(2)14-16)23(27)28-15-24-13-10-19-20(22(24)26)6-5-7-21(19)29-25-11-3-4-12-25/h5-10,13-14H,3-4,11-12,15H2,1-2H3. The summed E-state index contributed by atoms with van der Waals surface area (Å²) >= 11 is 1.71. The molecule has 0 aliphatic carbocycles. The lowest BCUT2D eigenvalue weighted by Crippen LogP contribution is -2.23. The first-order chi connectivity index (χ1) is 14.0. The normalized spacial score (nSPS) is 14.4. The zero-order valence-corrected chi connectivity index (χ0v) is 17.5. The van der Waals surface area contributed by atoms with Crippen LogP contribution < -0.4 is 5.56 Å². The molecule has 5 nitrogen and oxygen atoms in total. The van der Waals surface area contributed by atoms with Crippen molar-refractivity contribution in [1.82, 2.24) is 8.87 Å². The van der Waals surface area contributed by atoms with Crippen LogP contribution in [0, 0.1) is 13.8 Å². The van der Waals surface area contributed by atoms with Crippen molar-refractivity contribution in [3.8, 4) is 0 Å². The van der Waals surface area contributed by atoms with E-state index in [1.54, 1.807) is 24.2 Å². The molecule has 1 aliphatic rings. The number of hydrogen-bond acceptors (Lipinski definition) is 5. The van der Waals surface area contributed by atoms with Crippen LogP contribution in [0.1, 0.15) is 34.3 Å². The van der Waals surface area contributed by atoms with Crippen molar-refractivity contribution in [2.45, 2.75) is 38.3 Å². The number of rotatable bonds is 5. The summed E-state index contributed by atoms with van der Waals surface area (Å²) in [5.41, 5.74) is 2.32. The van der Waals surface area contributed by atoms with Gasteiger partial charge in [-0.15, -0.1) is 0 Å². The van der Waals surface area contributed by atoms with Gasteiger partial charge in [0, 0.05) is 35.0 Å². The second-order valence-electron chi connectivity index (χ2n) is 7.41. The Morgan fingerprint density at radius 2 is 1.86 bits per heavy atom. The molecule has 0 N–H and O–H groups in total. The van der Waals surface area contributed by atoms with Gasteiger partial charge in [0.25, 0.3) is 5.56 Å². The maximum atomic E-state index is 12.9. The van der Waals surface area contributed by atoms with E-state index in [1.807, 2.05) is 44.2 Å². The van der Waals surface area contributed by atoms with Crippen LogP contribution in [0.2, 0.25) is 0 Å². The average molecular weight is 409 g/mol. The first kappa shape index (κ1) is 19.7. The number of nitrogens with zero attached hydrogens (tertiary/aromatic N) is 2. The highest BCUT2D eigenvalue weighted by Crippen LogP contribution is 2.31. The van der Waals surface area contributed by atoms with Crippen molar-refractivity contribution in [2.75, 3.05) is 13.1 Å². The van der Waals surface area contributed by atoms with Crippen molar-refractivity contribution >= 4 is 28.7 Å². The highest BCUT2D eigenvalue weighted by atomic mass is 32.2. The summed E-state index contributed by atoms with van der Waals surface area (Å²) in [6.07, 6.45) is 4.14. The number of pyridine rings is 1. The number of hydrogen-bond donors (Lipinski definition) is 0. The fraction of sp³-hybridized carbons (Fsp3) is 0.304. The Morgan fingerprint density at radius 1 is 1.07 bits per heavy atom. The molecule has 0 atom stereocenters. The third-order valence-corrected chi connectivity index (χ3v) is 6.38. The van der Waals surface area contributed by atoms with Gasteiger partial charge in [-0.1, -0.05) is 23.8 Å². The van der Waals surface area contributed by atoms with Crippen LogP contribution >= 0.6 is 11.9 Å². The fourth-order valence-electron chi connectivity index (χ4n) is 3.64. The second-order valence-corrected chi connectivity index (χ2v) is 8.55. The van der Waals surface area contributed by atoms with Crippen molar-refractivity contribution in [1.29, 1.82) is 0 Å². The molecule has 0 bridgehead atoms. The molecule has 0 spiro atoms. The topological polar surface area (TPSA) is 51.5 Å². The lowest BCUT2D eigenvalue weighted by Gasteiger charge is -2.15. The van der Waals surface area contributed by atoms with E-state index >= 15 is 0 Å². The van der Waals surface area contributed by atoms with Gasteiger partial charge in [-0.25, -0.2) is 9.10 Å². The van der Waals surface area contributed by atoms with Crippen molar-refractivity contribution in [3.63, 3.8) is 0 Å². The van der Waals surface area contributed by atoms with Crippen LogP contribution in [0.25, 0.3) is 10.8 Å². The summed E-state index contributed by atoms with van der Waals surface area (Å²) in [6, 6.07) is 13.3. The predicted molar refractivity (Wildman–Crippen MR) is 116 cm³/mol. The van der Waals surface area contributed by atoms with Gasteiger partial charge >= 0.3 is 5.97 Å². The van der Waals surface area contributed by atoms with Crippen molar-refractivity contribution in [3.05, 3.63) is 75.7 Å². The van der Waals surface area contributed by atoms with E-state index in [1.165, 1.54) is 17.4 Å². The molecule has 1 aliphatic heterocycles. The lowest BCUT2D eigenvalue weighted by molar-refractivity contribution is 0.0366. The molecule has 0 radical (unpaired) electrons. The third kappa shape index (κ3) is 4.23. The van der Waals surface area contributed by atoms with Gasteiger partial charge < -0.3 is 4.74 Å². The van der Waals surface area contributed by atoms with E-state index in [2.05, 4.69) is 10.4 Å². The van der Waals surface area contributed by atoms with Gasteiger partial charge in [-0.3, -0.25) is 9.36 Å². The van der Waals surface area contributed by atoms with Gasteiger partial charge in [0.1, 0.15) is 0 Å². The molecule has 0 amide bonds. The number of carbonyl (C=O) groups excluding carboxylic acids is 1. The molecule has 4 rings (SSSR count). The summed E-state index contributed by atoms with van der Waals surface area (Å²) in [5, 5.41) is 1.57. The van der Waals surface area contributed by atoms with E-state index in [9.17, 15) is 9.59 Å². The monoisotopic (exact) mass is 408 g/mol. The van der Waals surface area contributed by atoms with Gasteiger partial charge in [-0.05, 0) is 68.5 Å². The Labute approximate surface area is 174 Å². The zero-order chi connectivity index (χ0) is 20.4. The Morgan fingerprint density at radius 3 is 2.62 bits per heavy atom. The van der Waals surface area contributed by atoms with Crippen LogP contribution in [-0.4, -0.2) is 27.9 Å². The third-order valence-electron chi connectivity index (χ3n) is 5.21. The quantitative estimate of drug-likeness (QED) is 0.458. The van der Waals surface area contributed by atoms with Crippen LogP contribution in [0.3, 0.4) is 0 Å². The average Bonchev–Trinajstić information content (AvgIpc) is 3.21. The SMILES string of the molecule is Cc1ccc(C(=O)OCn2ccc3c(SN4CCCC4)cccc3c2=O)c(C)c1. The summed E-state index contributed by atoms with van der Waals surface area (Å²) in [4.78, 5) is 26.4. The summed E-state index contributed by atoms with van der Waals surface area (Å²) in [6.45, 7) is 5.90. The maximum absolute atomic E-state index is 12.9. The minimum Gasteiger partial charge on any atom is -0.440 e. The molecule has 1 aromatic heterocycles. The second kappa shape index (κ2) is 8.43. The molecule has 0 saturated carbocycles. The fourth-order valence-corrected chi connectivity index (χ4v) is 4.77. The molecule has 6 heteroatoms. The predicted octanol–water partition coefficient (Wildman–Crippen LogP) is 4.54. The number of esters is 1. The van der Waals surface area contributed by atoms with Crippen LogP contribution in [0.5, 0.6) is 0 Å². The lowest BCUT2D eigenvalue weighted by atomic mass is 10.1. The van der Waals surface area contributed by atoms with Gasteiger partial charge in [0.15, 0.2) is 6.73 Å².